The lowest BCUT2D eigenvalue weighted by atomic mass is 9.99. The summed E-state index contributed by atoms with van der Waals surface area (Å²) in [4.78, 5) is 30.1. The Bertz CT molecular complexity index is 576. The van der Waals surface area contributed by atoms with Crippen LogP contribution in [0.1, 0.15) is 52.8 Å². The maximum atomic E-state index is 11.9. The van der Waals surface area contributed by atoms with Gasteiger partial charge in [-0.3, -0.25) is 19.5 Å². The summed E-state index contributed by atoms with van der Waals surface area (Å²) in [5.41, 5.74) is 1.21. The number of ether oxygens (including phenoxy) is 1. The smallest absolute Gasteiger partial charge is 0.312 e. The molecule has 0 fully saturated rings. The highest BCUT2D eigenvalue weighted by molar-refractivity contribution is 5.81. The number of carbonyl (C=O) groups excluding carboxylic acids is 2. The normalized spacial score (nSPS) is 13.2. The van der Waals surface area contributed by atoms with Crippen molar-refractivity contribution in [1.82, 2.24) is 9.88 Å². The molecule has 0 bridgehead atoms. The highest BCUT2D eigenvalue weighted by atomic mass is 16.6. The number of hydrogen-bond acceptors (Lipinski definition) is 5. The zero-order valence-electron chi connectivity index (χ0n) is 15.9. The number of ketones is 1. The molecule has 1 aromatic rings. The fourth-order valence-electron chi connectivity index (χ4n) is 2.92. The molecule has 0 saturated heterocycles. The molecular formula is C19H30N2O3. The standard InChI is InChI=1S/C19H30N2O3/c1-13(2)18(14(3)22)21(7)12-15-8-9-20-16(10-15)11-17(23)24-19(4,5)6/h8-10,13,18H,11-12H2,1-7H3/t18-/m0/s1. The van der Waals surface area contributed by atoms with Crippen LogP contribution in [0.4, 0.5) is 0 Å². The molecule has 0 spiro atoms. The molecule has 1 heterocycles. The molecule has 0 aliphatic heterocycles. The number of carbonyl (C=O) groups is 2. The number of nitrogens with zero attached hydrogens (tertiary/aromatic N) is 2. The maximum Gasteiger partial charge on any atom is 0.312 e. The third-order valence-electron chi connectivity index (χ3n) is 3.58. The molecule has 0 unspecified atom stereocenters. The molecule has 0 saturated carbocycles. The Morgan fingerprint density at radius 3 is 2.42 bits per heavy atom. The minimum absolute atomic E-state index is 0.118. The van der Waals surface area contributed by atoms with Gasteiger partial charge < -0.3 is 4.74 Å². The average Bonchev–Trinajstić information content (AvgIpc) is 2.35. The Labute approximate surface area is 145 Å². The zero-order chi connectivity index (χ0) is 18.5. The number of aromatic nitrogens is 1. The molecule has 0 N–H and O–H groups in total. The Kier molecular flexibility index (Phi) is 7.08. The van der Waals surface area contributed by atoms with Crippen molar-refractivity contribution < 1.29 is 14.3 Å². The summed E-state index contributed by atoms with van der Waals surface area (Å²) in [7, 11) is 1.94. The summed E-state index contributed by atoms with van der Waals surface area (Å²) >= 11 is 0. The lowest BCUT2D eigenvalue weighted by molar-refractivity contribution is -0.154. The Balaban J connectivity index is 2.78. The number of rotatable bonds is 7. The Morgan fingerprint density at radius 1 is 1.29 bits per heavy atom. The Hall–Kier alpha value is -1.75. The number of esters is 1. The van der Waals surface area contributed by atoms with E-state index in [1.54, 1.807) is 13.1 Å². The molecule has 5 nitrogen and oxygen atoms in total. The van der Waals surface area contributed by atoms with Gasteiger partial charge in [0.15, 0.2) is 0 Å². The molecule has 24 heavy (non-hydrogen) atoms. The monoisotopic (exact) mass is 334 g/mol. The van der Waals surface area contributed by atoms with Crippen LogP contribution in [0.25, 0.3) is 0 Å². The van der Waals surface area contributed by atoms with Gasteiger partial charge >= 0.3 is 5.97 Å². The van der Waals surface area contributed by atoms with Gasteiger partial charge in [0.25, 0.3) is 0 Å². The largest absolute Gasteiger partial charge is 0.460 e. The van der Waals surface area contributed by atoms with E-state index in [2.05, 4.69) is 4.98 Å². The van der Waals surface area contributed by atoms with E-state index in [0.29, 0.717) is 12.2 Å². The molecule has 1 aromatic heterocycles. The van der Waals surface area contributed by atoms with Gasteiger partial charge in [-0.15, -0.1) is 0 Å². The van der Waals surface area contributed by atoms with Crippen molar-refractivity contribution in [3.8, 4) is 0 Å². The first-order chi connectivity index (χ1) is 11.0. The van der Waals surface area contributed by atoms with Crippen LogP contribution in [-0.2, 0) is 27.3 Å². The summed E-state index contributed by atoms with van der Waals surface area (Å²) in [5, 5.41) is 0. The molecule has 0 aliphatic rings. The van der Waals surface area contributed by atoms with E-state index in [1.807, 2.05) is 58.7 Å². The van der Waals surface area contributed by atoms with Crippen LogP contribution in [0, 0.1) is 5.92 Å². The van der Waals surface area contributed by atoms with Crippen LogP contribution in [0.3, 0.4) is 0 Å². The highest BCUT2D eigenvalue weighted by Gasteiger charge is 2.23. The van der Waals surface area contributed by atoms with Crippen LogP contribution in [0.5, 0.6) is 0 Å². The lowest BCUT2D eigenvalue weighted by Crippen LogP contribution is -2.40. The van der Waals surface area contributed by atoms with E-state index in [4.69, 9.17) is 4.74 Å². The molecule has 0 amide bonds. The molecule has 5 heteroatoms. The van der Waals surface area contributed by atoms with Crippen molar-refractivity contribution in [3.63, 3.8) is 0 Å². The van der Waals surface area contributed by atoms with E-state index in [9.17, 15) is 9.59 Å². The average molecular weight is 334 g/mol. The van der Waals surface area contributed by atoms with Gasteiger partial charge in [0.2, 0.25) is 0 Å². The fraction of sp³-hybridized carbons (Fsp3) is 0.632. The summed E-state index contributed by atoms with van der Waals surface area (Å²) in [5.74, 6) is 0.121. The van der Waals surface area contributed by atoms with Gasteiger partial charge in [0.05, 0.1) is 18.2 Å². The van der Waals surface area contributed by atoms with E-state index in [1.165, 1.54) is 0 Å². The van der Waals surface area contributed by atoms with Crippen molar-refractivity contribution in [2.24, 2.45) is 5.92 Å². The second-order valence-electron chi connectivity index (χ2n) is 7.63. The van der Waals surface area contributed by atoms with Crippen LogP contribution < -0.4 is 0 Å². The summed E-state index contributed by atoms with van der Waals surface area (Å²) in [6, 6.07) is 3.69. The molecule has 1 rings (SSSR count). The highest BCUT2D eigenvalue weighted by Crippen LogP contribution is 2.15. The zero-order valence-corrected chi connectivity index (χ0v) is 15.9. The van der Waals surface area contributed by atoms with E-state index >= 15 is 0 Å². The van der Waals surface area contributed by atoms with Gasteiger partial charge in [-0.2, -0.15) is 0 Å². The quantitative estimate of drug-likeness (QED) is 0.717. The second-order valence-corrected chi connectivity index (χ2v) is 7.63. The SMILES string of the molecule is CC(=O)[C@H](C(C)C)N(C)Cc1ccnc(CC(=O)OC(C)(C)C)c1. The van der Waals surface area contributed by atoms with E-state index < -0.39 is 5.60 Å². The number of likely N-dealkylation sites (N-methyl/N-ethyl adjacent to an activating group) is 1. The summed E-state index contributed by atoms with van der Waals surface area (Å²) < 4.78 is 5.33. The van der Waals surface area contributed by atoms with E-state index in [0.717, 1.165) is 5.56 Å². The molecule has 0 aromatic carbocycles. The van der Waals surface area contributed by atoms with Crippen molar-refractivity contribution in [2.45, 2.75) is 66.2 Å². The van der Waals surface area contributed by atoms with Gasteiger partial charge in [-0.25, -0.2) is 0 Å². The predicted molar refractivity (Wildman–Crippen MR) is 94.6 cm³/mol. The summed E-state index contributed by atoms with van der Waals surface area (Å²) in [6.07, 6.45) is 1.84. The first-order valence-corrected chi connectivity index (χ1v) is 8.36. The van der Waals surface area contributed by atoms with Crippen LogP contribution in [0.2, 0.25) is 0 Å². The van der Waals surface area contributed by atoms with Gasteiger partial charge in [-0.05, 0) is 58.4 Å². The van der Waals surface area contributed by atoms with Gasteiger partial charge in [-0.1, -0.05) is 13.8 Å². The first kappa shape index (κ1) is 20.3. The molecule has 134 valence electrons. The number of hydrogen-bond donors (Lipinski definition) is 0. The minimum atomic E-state index is -0.499. The molecular weight excluding hydrogens is 304 g/mol. The van der Waals surface area contributed by atoms with E-state index in [-0.39, 0.29) is 30.1 Å². The maximum absolute atomic E-state index is 11.9. The van der Waals surface area contributed by atoms with Gasteiger partial charge in [0, 0.05) is 12.7 Å². The lowest BCUT2D eigenvalue weighted by Gasteiger charge is -2.29. The van der Waals surface area contributed by atoms with Crippen LogP contribution in [-0.4, -0.2) is 40.3 Å². The Morgan fingerprint density at radius 2 is 1.92 bits per heavy atom. The van der Waals surface area contributed by atoms with Crippen LogP contribution in [0.15, 0.2) is 18.3 Å². The predicted octanol–water partition coefficient (Wildman–Crippen LogP) is 3.01. The van der Waals surface area contributed by atoms with Crippen molar-refractivity contribution >= 4 is 11.8 Å². The molecule has 1 atom stereocenters. The third-order valence-corrected chi connectivity index (χ3v) is 3.58. The fourth-order valence-corrected chi connectivity index (χ4v) is 2.92. The second kappa shape index (κ2) is 8.38. The first-order valence-electron chi connectivity index (χ1n) is 8.36. The van der Waals surface area contributed by atoms with Crippen molar-refractivity contribution in [2.75, 3.05) is 7.05 Å². The van der Waals surface area contributed by atoms with Crippen LogP contribution >= 0.6 is 0 Å². The minimum Gasteiger partial charge on any atom is -0.460 e. The summed E-state index contributed by atoms with van der Waals surface area (Å²) in [6.45, 7) is 11.9. The van der Waals surface area contributed by atoms with Gasteiger partial charge in [0.1, 0.15) is 11.4 Å². The number of Topliss-reactive ketones (excluding diaryl/α,β-unsaturated/α-hetero) is 1. The van der Waals surface area contributed by atoms with Crippen molar-refractivity contribution in [3.05, 3.63) is 29.6 Å². The third kappa shape index (κ3) is 6.79. The van der Waals surface area contributed by atoms with Crippen molar-refractivity contribution in [1.29, 1.82) is 0 Å². The number of pyridine rings is 1. The molecule has 0 aliphatic carbocycles. The molecule has 0 radical (unpaired) electrons. The topological polar surface area (TPSA) is 59.5 Å².